The van der Waals surface area contributed by atoms with Crippen molar-refractivity contribution in [3.8, 4) is 22.3 Å². The molecule has 0 spiro atoms. The third-order valence-corrected chi connectivity index (χ3v) is 10.4. The van der Waals surface area contributed by atoms with Crippen LogP contribution in [0.25, 0.3) is 76.1 Å². The smallest absolute Gasteiger partial charge is 0.0546 e. The van der Waals surface area contributed by atoms with Crippen LogP contribution in [0.3, 0.4) is 0 Å². The second-order valence-electron chi connectivity index (χ2n) is 13.4. The highest BCUT2D eigenvalue weighted by Crippen LogP contribution is 2.46. The molecule has 0 saturated heterocycles. The van der Waals surface area contributed by atoms with Crippen molar-refractivity contribution in [2.45, 2.75) is 0 Å². The lowest BCUT2D eigenvalue weighted by molar-refractivity contribution is 1.31. The van der Waals surface area contributed by atoms with Crippen LogP contribution in [0.4, 0.5) is 17.1 Å². The van der Waals surface area contributed by atoms with Crippen LogP contribution < -0.4 is 4.90 Å². The quantitative estimate of drug-likeness (QED) is 0.168. The topological polar surface area (TPSA) is 3.24 Å². The SMILES string of the molecule is c1ccc(-c2ccc(N(c3ccc4cc(-c5ccccc5)ccc4c3)c3cc4ccc5ccccc5c4c4c3ccc3ccccc34)cc2)cc1. The lowest BCUT2D eigenvalue weighted by Gasteiger charge is -2.28. The van der Waals surface area contributed by atoms with Gasteiger partial charge in [0.2, 0.25) is 0 Å². The lowest BCUT2D eigenvalue weighted by Crippen LogP contribution is -2.11. The van der Waals surface area contributed by atoms with Gasteiger partial charge in [-0.15, -0.1) is 0 Å². The van der Waals surface area contributed by atoms with Crippen LogP contribution in [0.5, 0.6) is 0 Å². The van der Waals surface area contributed by atoms with Crippen LogP contribution in [-0.2, 0) is 0 Å². The van der Waals surface area contributed by atoms with Gasteiger partial charge in [0.25, 0.3) is 0 Å². The zero-order chi connectivity index (χ0) is 33.7. The van der Waals surface area contributed by atoms with Crippen molar-refractivity contribution in [1.82, 2.24) is 0 Å². The maximum Gasteiger partial charge on any atom is 0.0546 e. The Labute approximate surface area is 297 Å². The van der Waals surface area contributed by atoms with Crippen LogP contribution in [0, 0.1) is 0 Å². The summed E-state index contributed by atoms with van der Waals surface area (Å²) in [5.74, 6) is 0. The van der Waals surface area contributed by atoms with Gasteiger partial charge in [0.15, 0.2) is 0 Å². The summed E-state index contributed by atoms with van der Waals surface area (Å²) >= 11 is 0. The molecule has 10 aromatic carbocycles. The second kappa shape index (κ2) is 12.0. The Morgan fingerprint density at radius 1 is 0.255 bits per heavy atom. The summed E-state index contributed by atoms with van der Waals surface area (Å²) in [5, 5.41) is 12.5. The minimum atomic E-state index is 1.12. The summed E-state index contributed by atoms with van der Waals surface area (Å²) < 4.78 is 0. The van der Waals surface area contributed by atoms with Gasteiger partial charge in [-0.3, -0.25) is 0 Å². The van der Waals surface area contributed by atoms with Gasteiger partial charge in [-0.05, 0) is 102 Å². The van der Waals surface area contributed by atoms with Crippen molar-refractivity contribution in [2.75, 3.05) is 4.90 Å². The normalized spacial score (nSPS) is 11.5. The van der Waals surface area contributed by atoms with E-state index in [2.05, 4.69) is 205 Å². The minimum Gasteiger partial charge on any atom is -0.310 e. The molecule has 1 heteroatoms. The fourth-order valence-corrected chi connectivity index (χ4v) is 7.90. The molecule has 0 N–H and O–H groups in total. The summed E-state index contributed by atoms with van der Waals surface area (Å²) in [6, 6.07) is 73.1. The number of hydrogen-bond acceptors (Lipinski definition) is 1. The molecule has 0 aromatic heterocycles. The number of hydrogen-bond donors (Lipinski definition) is 0. The van der Waals surface area contributed by atoms with E-state index in [0.717, 1.165) is 17.1 Å². The molecule has 0 radical (unpaired) electrons. The van der Waals surface area contributed by atoms with E-state index in [4.69, 9.17) is 0 Å². The van der Waals surface area contributed by atoms with Gasteiger partial charge in [0, 0.05) is 22.1 Å². The third-order valence-electron chi connectivity index (χ3n) is 10.4. The van der Waals surface area contributed by atoms with Crippen molar-refractivity contribution >= 4 is 70.9 Å². The van der Waals surface area contributed by atoms with Gasteiger partial charge in [-0.1, -0.05) is 164 Å². The summed E-state index contributed by atoms with van der Waals surface area (Å²) in [4.78, 5) is 2.45. The largest absolute Gasteiger partial charge is 0.310 e. The Morgan fingerprint density at radius 2 is 0.745 bits per heavy atom. The standard InChI is InChI=1S/C50H33N/c1-3-11-34(12-4-1)36-23-27-43(28-24-36)51(44-29-25-40-31-39(20-21-41(40)32-44)35-13-5-2-6-14-35)48-33-42-22-19-37-15-7-9-17-45(37)49(42)50-46-18-10-8-16-38(46)26-30-47(48)50/h1-33H. The van der Waals surface area contributed by atoms with Crippen molar-refractivity contribution in [2.24, 2.45) is 0 Å². The molecular formula is C50H33N. The predicted molar refractivity (Wildman–Crippen MR) is 220 cm³/mol. The number of nitrogens with zero attached hydrogens (tertiary/aromatic N) is 1. The number of rotatable bonds is 5. The molecule has 10 rings (SSSR count). The van der Waals surface area contributed by atoms with Crippen molar-refractivity contribution in [3.05, 3.63) is 200 Å². The Hall–Kier alpha value is -6.70. The van der Waals surface area contributed by atoms with E-state index in [1.807, 2.05) is 0 Å². The average molecular weight is 648 g/mol. The summed E-state index contributed by atoms with van der Waals surface area (Å²) in [7, 11) is 0. The highest BCUT2D eigenvalue weighted by molar-refractivity contribution is 6.30. The molecule has 0 saturated carbocycles. The molecule has 0 aliphatic carbocycles. The van der Waals surface area contributed by atoms with E-state index in [0.29, 0.717) is 0 Å². The zero-order valence-electron chi connectivity index (χ0n) is 28.0. The molecule has 0 aliphatic rings. The fourth-order valence-electron chi connectivity index (χ4n) is 7.90. The van der Waals surface area contributed by atoms with Crippen LogP contribution in [0.2, 0.25) is 0 Å². The van der Waals surface area contributed by atoms with E-state index in [1.165, 1.54) is 76.1 Å². The molecule has 0 bridgehead atoms. The Morgan fingerprint density at radius 3 is 1.47 bits per heavy atom. The van der Waals surface area contributed by atoms with Crippen molar-refractivity contribution in [3.63, 3.8) is 0 Å². The maximum absolute atomic E-state index is 2.45. The lowest BCUT2D eigenvalue weighted by atomic mass is 9.91. The van der Waals surface area contributed by atoms with Gasteiger partial charge >= 0.3 is 0 Å². The highest BCUT2D eigenvalue weighted by atomic mass is 15.1. The van der Waals surface area contributed by atoms with E-state index in [9.17, 15) is 0 Å². The molecular weight excluding hydrogens is 615 g/mol. The zero-order valence-corrected chi connectivity index (χ0v) is 28.0. The minimum absolute atomic E-state index is 1.12. The molecule has 10 aromatic rings. The van der Waals surface area contributed by atoms with E-state index < -0.39 is 0 Å². The van der Waals surface area contributed by atoms with Gasteiger partial charge < -0.3 is 4.90 Å². The molecule has 0 atom stereocenters. The molecule has 51 heavy (non-hydrogen) atoms. The Balaban J connectivity index is 1.24. The van der Waals surface area contributed by atoms with Crippen molar-refractivity contribution < 1.29 is 0 Å². The summed E-state index contributed by atoms with van der Waals surface area (Å²) in [6.45, 7) is 0. The second-order valence-corrected chi connectivity index (χ2v) is 13.4. The average Bonchev–Trinajstić information content (AvgIpc) is 3.21. The number of benzene rings is 10. The van der Waals surface area contributed by atoms with Crippen LogP contribution in [-0.4, -0.2) is 0 Å². The summed E-state index contributed by atoms with van der Waals surface area (Å²) in [6.07, 6.45) is 0. The first-order valence-corrected chi connectivity index (χ1v) is 17.6. The first-order valence-electron chi connectivity index (χ1n) is 17.6. The molecule has 0 amide bonds. The van der Waals surface area contributed by atoms with Crippen molar-refractivity contribution in [1.29, 1.82) is 0 Å². The number of anilines is 3. The van der Waals surface area contributed by atoms with E-state index in [1.54, 1.807) is 0 Å². The Bertz CT molecular complexity index is 2890. The highest BCUT2D eigenvalue weighted by Gasteiger charge is 2.20. The Kier molecular flexibility index (Phi) is 6.89. The fraction of sp³-hybridized carbons (Fsp3) is 0. The van der Waals surface area contributed by atoms with Crippen LogP contribution >= 0.6 is 0 Å². The van der Waals surface area contributed by atoms with Gasteiger partial charge in [0.1, 0.15) is 0 Å². The maximum atomic E-state index is 2.45. The van der Waals surface area contributed by atoms with Crippen LogP contribution in [0.1, 0.15) is 0 Å². The van der Waals surface area contributed by atoms with Crippen LogP contribution in [0.15, 0.2) is 200 Å². The monoisotopic (exact) mass is 647 g/mol. The third kappa shape index (κ3) is 5.02. The molecule has 1 nitrogen and oxygen atoms in total. The first kappa shape index (κ1) is 29.2. The van der Waals surface area contributed by atoms with Gasteiger partial charge in [0.05, 0.1) is 5.69 Å². The first-order chi connectivity index (χ1) is 25.3. The predicted octanol–water partition coefficient (Wildman–Crippen LogP) is 14.3. The van der Waals surface area contributed by atoms with E-state index >= 15 is 0 Å². The summed E-state index contributed by atoms with van der Waals surface area (Å²) in [5.41, 5.74) is 8.26. The molecule has 0 fully saturated rings. The molecule has 238 valence electrons. The van der Waals surface area contributed by atoms with Gasteiger partial charge in [-0.25, -0.2) is 0 Å². The molecule has 0 unspecified atom stereocenters. The number of fused-ring (bicyclic) bond motifs is 8. The van der Waals surface area contributed by atoms with E-state index in [-0.39, 0.29) is 0 Å². The molecule has 0 heterocycles. The molecule has 0 aliphatic heterocycles. The van der Waals surface area contributed by atoms with Gasteiger partial charge in [-0.2, -0.15) is 0 Å².